The van der Waals surface area contributed by atoms with Crippen molar-refractivity contribution in [1.29, 1.82) is 0 Å². The van der Waals surface area contributed by atoms with Crippen LogP contribution >= 0.6 is 0 Å². The molecule has 5 aromatic rings. The molecule has 0 aliphatic carbocycles. The second kappa shape index (κ2) is 6.02. The van der Waals surface area contributed by atoms with Crippen LogP contribution in [-0.4, -0.2) is 19.4 Å². The lowest BCUT2D eigenvalue weighted by Gasteiger charge is -2.14. The molecule has 0 saturated carbocycles. The first-order chi connectivity index (χ1) is 13.6. The minimum Gasteiger partial charge on any atom is -0.397 e. The smallest absolute Gasteiger partial charge is 0.180 e. The summed E-state index contributed by atoms with van der Waals surface area (Å²) in [5, 5.41) is 0.910. The number of fused-ring (bicyclic) bond motifs is 2. The molecular formula is C21H15FN6. The molecule has 3 aromatic heterocycles. The summed E-state index contributed by atoms with van der Waals surface area (Å²) >= 11 is 0. The molecule has 7 heteroatoms. The molecule has 28 heavy (non-hydrogen) atoms. The van der Waals surface area contributed by atoms with E-state index >= 15 is 0 Å². The second-order valence-electron chi connectivity index (χ2n) is 6.50. The van der Waals surface area contributed by atoms with E-state index in [1.165, 1.54) is 12.1 Å². The Labute approximate surface area is 159 Å². The van der Waals surface area contributed by atoms with E-state index in [1.54, 1.807) is 24.5 Å². The van der Waals surface area contributed by atoms with Crippen LogP contribution in [0.15, 0.2) is 67.1 Å². The first-order valence-corrected chi connectivity index (χ1v) is 8.64. The van der Waals surface area contributed by atoms with Crippen LogP contribution in [0.25, 0.3) is 39.1 Å². The predicted octanol–water partition coefficient (Wildman–Crippen LogP) is 3.92. The number of aromatic nitrogens is 4. The molecule has 2 aromatic carbocycles. The Morgan fingerprint density at radius 2 is 1.68 bits per heavy atom. The molecule has 0 radical (unpaired) electrons. The van der Waals surface area contributed by atoms with E-state index in [-0.39, 0.29) is 5.82 Å². The molecule has 0 spiro atoms. The molecule has 136 valence electrons. The largest absolute Gasteiger partial charge is 0.397 e. The summed E-state index contributed by atoms with van der Waals surface area (Å²) < 4.78 is 15.3. The molecule has 0 unspecified atom stereocenters. The number of anilines is 2. The average molecular weight is 370 g/mol. The lowest BCUT2D eigenvalue weighted by Crippen LogP contribution is -2.03. The van der Waals surface area contributed by atoms with Crippen LogP contribution in [-0.2, 0) is 0 Å². The van der Waals surface area contributed by atoms with Gasteiger partial charge in [0.2, 0.25) is 0 Å². The molecule has 0 aliphatic rings. The fourth-order valence-corrected chi connectivity index (χ4v) is 3.39. The second-order valence-corrected chi connectivity index (χ2v) is 6.50. The monoisotopic (exact) mass is 370 g/mol. The summed E-state index contributed by atoms with van der Waals surface area (Å²) in [6, 6.07) is 13.9. The average Bonchev–Trinajstić information content (AvgIpc) is 3.18. The minimum atomic E-state index is -0.311. The van der Waals surface area contributed by atoms with Crippen LogP contribution in [0.1, 0.15) is 0 Å². The predicted molar refractivity (Wildman–Crippen MR) is 108 cm³/mol. The van der Waals surface area contributed by atoms with E-state index in [4.69, 9.17) is 11.5 Å². The molecule has 0 fully saturated rings. The summed E-state index contributed by atoms with van der Waals surface area (Å²) in [5.41, 5.74) is 17.1. The Morgan fingerprint density at radius 1 is 0.893 bits per heavy atom. The molecule has 5 rings (SSSR count). The maximum absolute atomic E-state index is 13.4. The number of imidazole rings is 1. The number of rotatable bonds is 2. The van der Waals surface area contributed by atoms with Gasteiger partial charge in [0.15, 0.2) is 11.5 Å². The number of benzene rings is 2. The van der Waals surface area contributed by atoms with Gasteiger partial charge < -0.3 is 11.5 Å². The van der Waals surface area contributed by atoms with Crippen molar-refractivity contribution in [1.82, 2.24) is 19.4 Å². The van der Waals surface area contributed by atoms with Crippen LogP contribution in [0.2, 0.25) is 0 Å². The molecular weight excluding hydrogens is 355 g/mol. The third-order valence-corrected chi connectivity index (χ3v) is 4.66. The molecule has 6 nitrogen and oxygen atoms in total. The van der Waals surface area contributed by atoms with Crippen LogP contribution in [0.5, 0.6) is 0 Å². The number of hydrogen-bond acceptors (Lipinski definition) is 5. The zero-order chi connectivity index (χ0) is 19.3. The van der Waals surface area contributed by atoms with Crippen molar-refractivity contribution in [2.75, 3.05) is 11.5 Å². The lowest BCUT2D eigenvalue weighted by atomic mass is 10.0. The van der Waals surface area contributed by atoms with E-state index < -0.39 is 0 Å². The zero-order valence-electron chi connectivity index (χ0n) is 14.7. The number of halogens is 1. The third kappa shape index (κ3) is 2.52. The zero-order valence-corrected chi connectivity index (χ0v) is 14.7. The summed E-state index contributed by atoms with van der Waals surface area (Å²) in [7, 11) is 0. The van der Waals surface area contributed by atoms with Gasteiger partial charge in [-0.1, -0.05) is 6.07 Å². The Morgan fingerprint density at radius 3 is 2.50 bits per heavy atom. The van der Waals surface area contributed by atoms with Crippen LogP contribution in [0.3, 0.4) is 0 Å². The Hall–Kier alpha value is -4.00. The standard InChI is InChI=1S/C21H15FN6/c22-15-4-1-12(2-5-15)18-19(28-8-7-25-21(28)20(24)27-18)13-3-6-17-14(9-13)10-16(23)11-26-17/h1-11H,23H2,(H2,24,27). The highest BCUT2D eigenvalue weighted by molar-refractivity contribution is 5.90. The van der Waals surface area contributed by atoms with Crippen LogP contribution in [0.4, 0.5) is 15.9 Å². The van der Waals surface area contributed by atoms with E-state index in [9.17, 15) is 4.39 Å². The van der Waals surface area contributed by atoms with E-state index in [2.05, 4.69) is 15.0 Å². The third-order valence-electron chi connectivity index (χ3n) is 4.66. The highest BCUT2D eigenvalue weighted by atomic mass is 19.1. The molecule has 0 bridgehead atoms. The number of nitrogen functional groups attached to an aromatic ring is 2. The first kappa shape index (κ1) is 16.2. The summed E-state index contributed by atoms with van der Waals surface area (Å²) in [6.45, 7) is 0. The van der Waals surface area contributed by atoms with E-state index in [1.807, 2.05) is 34.9 Å². The summed E-state index contributed by atoms with van der Waals surface area (Å²) in [5.74, 6) is -0.00555. The van der Waals surface area contributed by atoms with Crippen molar-refractivity contribution in [2.45, 2.75) is 0 Å². The normalized spacial score (nSPS) is 11.3. The molecule has 4 N–H and O–H groups in total. The highest BCUT2D eigenvalue weighted by Gasteiger charge is 2.17. The fraction of sp³-hybridized carbons (Fsp3) is 0. The Kier molecular flexibility index (Phi) is 3.48. The van der Waals surface area contributed by atoms with Crippen molar-refractivity contribution in [3.05, 3.63) is 72.9 Å². The highest BCUT2D eigenvalue weighted by Crippen LogP contribution is 2.34. The van der Waals surface area contributed by atoms with Gasteiger partial charge >= 0.3 is 0 Å². The number of nitrogens with zero attached hydrogens (tertiary/aromatic N) is 4. The van der Waals surface area contributed by atoms with E-state index in [0.717, 1.165) is 27.7 Å². The van der Waals surface area contributed by atoms with Gasteiger partial charge in [-0.05, 0) is 42.5 Å². The van der Waals surface area contributed by atoms with Gasteiger partial charge in [-0.25, -0.2) is 14.4 Å². The lowest BCUT2D eigenvalue weighted by molar-refractivity contribution is 0.628. The summed E-state index contributed by atoms with van der Waals surface area (Å²) in [6.07, 6.45) is 5.13. The van der Waals surface area contributed by atoms with Crippen molar-refractivity contribution in [3.63, 3.8) is 0 Å². The van der Waals surface area contributed by atoms with Crippen molar-refractivity contribution >= 4 is 28.1 Å². The van der Waals surface area contributed by atoms with Gasteiger partial charge in [0.05, 0.1) is 28.8 Å². The van der Waals surface area contributed by atoms with Crippen molar-refractivity contribution in [2.24, 2.45) is 0 Å². The van der Waals surface area contributed by atoms with Gasteiger partial charge in [-0.3, -0.25) is 9.38 Å². The molecule has 0 atom stereocenters. The first-order valence-electron chi connectivity index (χ1n) is 8.64. The van der Waals surface area contributed by atoms with Crippen molar-refractivity contribution in [3.8, 4) is 22.5 Å². The van der Waals surface area contributed by atoms with Gasteiger partial charge in [0.25, 0.3) is 0 Å². The number of nitrogens with two attached hydrogens (primary N) is 2. The van der Waals surface area contributed by atoms with Gasteiger partial charge in [0.1, 0.15) is 5.82 Å². The van der Waals surface area contributed by atoms with Crippen LogP contribution < -0.4 is 11.5 Å². The maximum Gasteiger partial charge on any atom is 0.180 e. The molecule has 3 heterocycles. The SMILES string of the molecule is Nc1cnc2ccc(-c3c(-c4ccc(F)cc4)nc(N)c4nccn34)cc2c1. The van der Waals surface area contributed by atoms with E-state index in [0.29, 0.717) is 22.8 Å². The Bertz CT molecular complexity index is 1340. The van der Waals surface area contributed by atoms with Gasteiger partial charge in [0, 0.05) is 28.9 Å². The minimum absolute atomic E-state index is 0.305. The molecule has 0 saturated heterocycles. The molecule has 0 amide bonds. The van der Waals surface area contributed by atoms with Crippen molar-refractivity contribution < 1.29 is 4.39 Å². The van der Waals surface area contributed by atoms with Crippen LogP contribution in [0, 0.1) is 5.82 Å². The topological polar surface area (TPSA) is 95.1 Å². The van der Waals surface area contributed by atoms with Gasteiger partial charge in [-0.15, -0.1) is 0 Å². The van der Waals surface area contributed by atoms with Gasteiger partial charge in [-0.2, -0.15) is 0 Å². The fourth-order valence-electron chi connectivity index (χ4n) is 3.39. The number of hydrogen-bond donors (Lipinski definition) is 2. The summed E-state index contributed by atoms with van der Waals surface area (Å²) in [4.78, 5) is 13.2. The Balaban J connectivity index is 1.85. The number of pyridine rings is 1. The maximum atomic E-state index is 13.4. The molecule has 0 aliphatic heterocycles. The quantitative estimate of drug-likeness (QED) is 0.491.